The van der Waals surface area contributed by atoms with Crippen LogP contribution >= 0.6 is 0 Å². The molecule has 0 bridgehead atoms. The number of methoxy groups -OCH3 is 1. The number of nitrogens with zero attached hydrogens (tertiary/aromatic N) is 4. The number of nitrogens with two attached hydrogens (primary N) is 1. The van der Waals surface area contributed by atoms with E-state index in [-0.39, 0.29) is 16.9 Å². The third-order valence-corrected chi connectivity index (χ3v) is 4.62. The highest BCUT2D eigenvalue weighted by molar-refractivity contribution is 5.96. The molecule has 0 atom stereocenters. The van der Waals surface area contributed by atoms with Gasteiger partial charge in [0.15, 0.2) is 5.69 Å². The van der Waals surface area contributed by atoms with Gasteiger partial charge in [-0.25, -0.2) is 4.79 Å². The zero-order valence-corrected chi connectivity index (χ0v) is 16.3. The number of carbonyl (C=O) groups excluding carboxylic acids is 1. The van der Waals surface area contributed by atoms with Crippen molar-refractivity contribution in [2.45, 2.75) is 6.92 Å². The van der Waals surface area contributed by atoms with Crippen molar-refractivity contribution in [2.24, 2.45) is 0 Å². The molecular weight excluding hydrogens is 382 g/mol. The largest absolute Gasteiger partial charge is 0.464 e. The third kappa shape index (κ3) is 3.29. The third-order valence-electron chi connectivity index (χ3n) is 4.62. The number of anilines is 1. The Hall–Kier alpha value is -4.38. The number of carbonyl (C=O) groups is 1. The molecule has 0 aliphatic rings. The van der Waals surface area contributed by atoms with E-state index in [0.29, 0.717) is 23.0 Å². The summed E-state index contributed by atoms with van der Waals surface area (Å²) in [6.07, 6.45) is 1.49. The number of nitriles is 1. The lowest BCUT2D eigenvalue weighted by molar-refractivity contribution is 0.0593. The highest BCUT2D eigenvalue weighted by Gasteiger charge is 2.22. The van der Waals surface area contributed by atoms with Crippen molar-refractivity contribution in [3.05, 3.63) is 71.5 Å². The minimum atomic E-state index is -0.640. The van der Waals surface area contributed by atoms with E-state index in [0.717, 1.165) is 11.1 Å². The molecule has 2 heterocycles. The number of benzene rings is 2. The van der Waals surface area contributed by atoms with Gasteiger partial charge in [-0.05, 0) is 31.2 Å². The number of hydrogen-bond donors (Lipinski definition) is 1. The maximum absolute atomic E-state index is 12.2. The molecule has 2 aromatic heterocycles. The molecule has 2 N–H and O–H groups in total. The van der Waals surface area contributed by atoms with Crippen LogP contribution in [0.3, 0.4) is 0 Å². The molecule has 0 spiro atoms. The molecule has 0 fully saturated rings. The van der Waals surface area contributed by atoms with E-state index in [1.165, 1.54) is 17.9 Å². The van der Waals surface area contributed by atoms with Gasteiger partial charge in [0.1, 0.15) is 6.07 Å². The smallest absolute Gasteiger partial charge is 0.357 e. The zero-order valence-electron chi connectivity index (χ0n) is 16.3. The second kappa shape index (κ2) is 7.56. The Balaban J connectivity index is 1.77. The van der Waals surface area contributed by atoms with Gasteiger partial charge in [0.05, 0.1) is 18.4 Å². The van der Waals surface area contributed by atoms with Gasteiger partial charge in [-0.15, -0.1) is 0 Å². The van der Waals surface area contributed by atoms with E-state index in [4.69, 9.17) is 15.0 Å². The normalized spacial score (nSPS) is 10.6. The van der Waals surface area contributed by atoms with E-state index in [2.05, 4.69) is 10.1 Å². The van der Waals surface area contributed by atoms with Gasteiger partial charge in [0.2, 0.25) is 5.82 Å². The molecule has 0 aliphatic carbocycles. The van der Waals surface area contributed by atoms with Crippen LogP contribution in [-0.4, -0.2) is 27.8 Å². The minimum Gasteiger partial charge on any atom is -0.464 e. The maximum Gasteiger partial charge on any atom is 0.357 e. The number of hydrogen-bond acceptors (Lipinski definition) is 7. The lowest BCUT2D eigenvalue weighted by Gasteiger charge is -2.09. The van der Waals surface area contributed by atoms with Gasteiger partial charge in [-0.2, -0.15) is 10.2 Å². The monoisotopic (exact) mass is 399 g/mol. The van der Waals surface area contributed by atoms with E-state index >= 15 is 0 Å². The van der Waals surface area contributed by atoms with Gasteiger partial charge >= 0.3 is 5.97 Å². The zero-order chi connectivity index (χ0) is 21.3. The highest BCUT2D eigenvalue weighted by atomic mass is 16.5. The summed E-state index contributed by atoms with van der Waals surface area (Å²) in [6, 6.07) is 16.9. The first-order chi connectivity index (χ1) is 14.5. The molecule has 30 heavy (non-hydrogen) atoms. The Kier molecular flexibility index (Phi) is 4.78. The minimum absolute atomic E-state index is 0.0641. The molecule has 4 aromatic rings. The summed E-state index contributed by atoms with van der Waals surface area (Å²) in [7, 11) is 1.26. The first-order valence-corrected chi connectivity index (χ1v) is 9.02. The fourth-order valence-electron chi connectivity index (χ4n) is 3.15. The molecule has 0 aliphatic heterocycles. The predicted molar refractivity (Wildman–Crippen MR) is 110 cm³/mol. The molecule has 2 aromatic carbocycles. The average Bonchev–Trinajstić information content (AvgIpc) is 3.38. The fourth-order valence-corrected chi connectivity index (χ4v) is 3.15. The quantitative estimate of drug-likeness (QED) is 0.519. The second-order valence-electron chi connectivity index (χ2n) is 6.62. The van der Waals surface area contributed by atoms with Crippen LogP contribution in [0.25, 0.3) is 28.5 Å². The van der Waals surface area contributed by atoms with E-state index in [1.54, 1.807) is 18.2 Å². The Morgan fingerprint density at radius 2 is 1.97 bits per heavy atom. The van der Waals surface area contributed by atoms with Crippen LogP contribution in [0.1, 0.15) is 21.6 Å². The second-order valence-corrected chi connectivity index (χ2v) is 6.62. The van der Waals surface area contributed by atoms with Crippen LogP contribution < -0.4 is 5.73 Å². The summed E-state index contributed by atoms with van der Waals surface area (Å²) in [5.41, 5.74) is 9.49. The number of ether oxygens (including phenoxy) is 1. The van der Waals surface area contributed by atoms with Crippen molar-refractivity contribution >= 4 is 11.7 Å². The van der Waals surface area contributed by atoms with Crippen molar-refractivity contribution in [2.75, 3.05) is 12.8 Å². The van der Waals surface area contributed by atoms with Crippen LogP contribution in [-0.2, 0) is 4.74 Å². The van der Waals surface area contributed by atoms with Crippen LogP contribution in [0.2, 0.25) is 0 Å². The highest BCUT2D eigenvalue weighted by Crippen LogP contribution is 2.28. The molecule has 0 unspecified atom stereocenters. The van der Waals surface area contributed by atoms with E-state index < -0.39 is 5.97 Å². The lowest BCUT2D eigenvalue weighted by atomic mass is 10.1. The van der Waals surface area contributed by atoms with Gasteiger partial charge in [0, 0.05) is 23.0 Å². The summed E-state index contributed by atoms with van der Waals surface area (Å²) in [6.45, 7) is 1.99. The molecule has 148 valence electrons. The van der Waals surface area contributed by atoms with Crippen molar-refractivity contribution < 1.29 is 14.1 Å². The molecule has 0 amide bonds. The Morgan fingerprint density at radius 3 is 2.70 bits per heavy atom. The standard InChI is InChI=1S/C22H17N5O3/c1-13-5-3-6-14(9-13)20-25-21(30-26-20)15-7-4-8-17(10-15)27-12-16(11-23)18(24)19(27)22(28)29-2/h3-10,12H,24H2,1-2H3. The number of aryl methyl sites for hydroxylation is 1. The van der Waals surface area contributed by atoms with Gasteiger partial charge < -0.3 is 19.6 Å². The van der Waals surface area contributed by atoms with Crippen molar-refractivity contribution in [3.8, 4) is 34.6 Å². The van der Waals surface area contributed by atoms with Crippen molar-refractivity contribution in [1.29, 1.82) is 5.26 Å². The predicted octanol–water partition coefficient (Wildman–Crippen LogP) is 3.74. The average molecular weight is 399 g/mol. The number of nitrogen functional groups attached to an aromatic ring is 1. The van der Waals surface area contributed by atoms with Crippen LogP contribution in [0.5, 0.6) is 0 Å². The first kappa shape index (κ1) is 19.0. The molecular formula is C22H17N5O3. The SMILES string of the molecule is COC(=O)c1c(N)c(C#N)cn1-c1cccc(-c2nc(-c3cccc(C)c3)no2)c1. The molecule has 0 saturated carbocycles. The van der Waals surface area contributed by atoms with E-state index in [9.17, 15) is 10.1 Å². The lowest BCUT2D eigenvalue weighted by Crippen LogP contribution is -2.11. The Morgan fingerprint density at radius 1 is 1.20 bits per heavy atom. The van der Waals surface area contributed by atoms with Crippen LogP contribution in [0.4, 0.5) is 5.69 Å². The van der Waals surface area contributed by atoms with Gasteiger partial charge in [-0.1, -0.05) is 35.0 Å². The fraction of sp³-hybridized carbons (Fsp3) is 0.0909. The molecule has 0 radical (unpaired) electrons. The summed E-state index contributed by atoms with van der Waals surface area (Å²) in [4.78, 5) is 16.7. The summed E-state index contributed by atoms with van der Waals surface area (Å²) >= 11 is 0. The van der Waals surface area contributed by atoms with Gasteiger partial charge in [0.25, 0.3) is 5.89 Å². The number of rotatable bonds is 4. The molecule has 4 rings (SSSR count). The van der Waals surface area contributed by atoms with Crippen molar-refractivity contribution in [1.82, 2.24) is 14.7 Å². The van der Waals surface area contributed by atoms with Crippen molar-refractivity contribution in [3.63, 3.8) is 0 Å². The summed E-state index contributed by atoms with van der Waals surface area (Å²) in [5, 5.41) is 13.4. The molecule has 0 saturated heterocycles. The maximum atomic E-state index is 12.2. The first-order valence-electron chi connectivity index (χ1n) is 9.02. The topological polar surface area (TPSA) is 120 Å². The summed E-state index contributed by atoms with van der Waals surface area (Å²) in [5.74, 6) is 0.166. The van der Waals surface area contributed by atoms with Crippen LogP contribution in [0, 0.1) is 18.3 Å². The number of esters is 1. The molecule has 8 nitrogen and oxygen atoms in total. The Bertz CT molecular complexity index is 1300. The number of aromatic nitrogens is 3. The Labute approximate surface area is 172 Å². The van der Waals surface area contributed by atoms with Gasteiger partial charge in [-0.3, -0.25) is 0 Å². The van der Waals surface area contributed by atoms with Crippen LogP contribution in [0.15, 0.2) is 59.3 Å². The summed E-state index contributed by atoms with van der Waals surface area (Å²) < 4.78 is 11.8. The van der Waals surface area contributed by atoms with E-state index in [1.807, 2.05) is 43.3 Å². The molecule has 8 heteroatoms.